The highest BCUT2D eigenvalue weighted by Crippen LogP contribution is 2.07. The van der Waals surface area contributed by atoms with Gasteiger partial charge in [0.25, 0.3) is 5.91 Å². The minimum atomic E-state index is -0.190. The molecule has 0 aliphatic carbocycles. The average molecular weight is 210 g/mol. The van der Waals surface area contributed by atoms with Crippen molar-refractivity contribution in [1.29, 1.82) is 0 Å². The summed E-state index contributed by atoms with van der Waals surface area (Å²) in [6.45, 7) is 4.89. The standard InChI is InChI=1S/C11H18N2O2/c1-4-8(2)13-7-9-5-6-10(15-9)11(14)12-3/h5-6,8,13H,4,7H2,1-3H3,(H,12,14)/t8-/m1/s1. The quantitative estimate of drug-likeness (QED) is 0.775. The molecule has 0 unspecified atom stereocenters. The van der Waals surface area contributed by atoms with Gasteiger partial charge in [0.1, 0.15) is 5.76 Å². The fourth-order valence-corrected chi connectivity index (χ4v) is 1.14. The van der Waals surface area contributed by atoms with E-state index < -0.39 is 0 Å². The van der Waals surface area contributed by atoms with E-state index in [0.717, 1.165) is 12.2 Å². The molecule has 1 rings (SSSR count). The number of carbonyl (C=O) groups excluding carboxylic acids is 1. The van der Waals surface area contributed by atoms with Crippen LogP contribution in [0.5, 0.6) is 0 Å². The van der Waals surface area contributed by atoms with E-state index >= 15 is 0 Å². The minimum absolute atomic E-state index is 0.190. The van der Waals surface area contributed by atoms with Gasteiger partial charge in [0, 0.05) is 13.1 Å². The van der Waals surface area contributed by atoms with Gasteiger partial charge in [-0.2, -0.15) is 0 Å². The second-order valence-corrected chi connectivity index (χ2v) is 3.54. The van der Waals surface area contributed by atoms with Crippen LogP contribution in [-0.4, -0.2) is 19.0 Å². The molecule has 1 amide bonds. The number of rotatable bonds is 5. The van der Waals surface area contributed by atoms with Crippen LogP contribution in [0.1, 0.15) is 36.6 Å². The fourth-order valence-electron chi connectivity index (χ4n) is 1.14. The van der Waals surface area contributed by atoms with Crippen molar-refractivity contribution in [1.82, 2.24) is 10.6 Å². The molecule has 1 atom stereocenters. The highest BCUT2D eigenvalue weighted by atomic mass is 16.4. The first-order valence-electron chi connectivity index (χ1n) is 5.21. The number of carbonyl (C=O) groups is 1. The predicted octanol–water partition coefficient (Wildman–Crippen LogP) is 1.53. The molecule has 0 saturated heterocycles. The largest absolute Gasteiger partial charge is 0.455 e. The average Bonchev–Trinajstić information content (AvgIpc) is 2.73. The lowest BCUT2D eigenvalue weighted by molar-refractivity contribution is 0.0933. The molecule has 0 bridgehead atoms. The summed E-state index contributed by atoms with van der Waals surface area (Å²) in [5.74, 6) is 0.956. The van der Waals surface area contributed by atoms with E-state index in [1.54, 1.807) is 13.1 Å². The van der Waals surface area contributed by atoms with Gasteiger partial charge in [0.05, 0.1) is 6.54 Å². The molecule has 0 saturated carbocycles. The molecule has 1 heterocycles. The van der Waals surface area contributed by atoms with Gasteiger partial charge in [0.15, 0.2) is 5.76 Å². The van der Waals surface area contributed by atoms with Crippen molar-refractivity contribution in [2.24, 2.45) is 0 Å². The highest BCUT2D eigenvalue weighted by molar-refractivity contribution is 5.91. The van der Waals surface area contributed by atoms with Crippen LogP contribution in [-0.2, 0) is 6.54 Å². The van der Waals surface area contributed by atoms with E-state index in [2.05, 4.69) is 24.5 Å². The van der Waals surface area contributed by atoms with E-state index in [-0.39, 0.29) is 5.91 Å². The van der Waals surface area contributed by atoms with Gasteiger partial charge in [-0.15, -0.1) is 0 Å². The number of hydrogen-bond acceptors (Lipinski definition) is 3. The Morgan fingerprint density at radius 1 is 1.53 bits per heavy atom. The highest BCUT2D eigenvalue weighted by Gasteiger charge is 2.09. The molecule has 0 aromatic carbocycles. The Labute approximate surface area is 90.0 Å². The van der Waals surface area contributed by atoms with E-state index in [9.17, 15) is 4.79 Å². The molecule has 4 heteroatoms. The third-order valence-corrected chi connectivity index (χ3v) is 2.35. The Kier molecular flexibility index (Phi) is 4.37. The van der Waals surface area contributed by atoms with E-state index in [1.165, 1.54) is 0 Å². The Morgan fingerprint density at radius 3 is 2.87 bits per heavy atom. The zero-order valence-electron chi connectivity index (χ0n) is 9.46. The molecule has 4 nitrogen and oxygen atoms in total. The van der Waals surface area contributed by atoms with Gasteiger partial charge in [-0.1, -0.05) is 6.92 Å². The lowest BCUT2D eigenvalue weighted by Gasteiger charge is -2.08. The summed E-state index contributed by atoms with van der Waals surface area (Å²) in [6.07, 6.45) is 1.07. The van der Waals surface area contributed by atoms with Crippen molar-refractivity contribution >= 4 is 5.91 Å². The van der Waals surface area contributed by atoms with Crippen LogP contribution in [0.2, 0.25) is 0 Å². The predicted molar refractivity (Wildman–Crippen MR) is 58.7 cm³/mol. The summed E-state index contributed by atoms with van der Waals surface area (Å²) in [7, 11) is 1.59. The molecule has 1 aromatic heterocycles. The second-order valence-electron chi connectivity index (χ2n) is 3.54. The Hall–Kier alpha value is -1.29. The molecular weight excluding hydrogens is 192 g/mol. The molecular formula is C11H18N2O2. The van der Waals surface area contributed by atoms with Crippen molar-refractivity contribution in [2.75, 3.05) is 7.05 Å². The van der Waals surface area contributed by atoms with Crippen LogP contribution >= 0.6 is 0 Å². The number of amides is 1. The number of furan rings is 1. The second kappa shape index (κ2) is 5.56. The van der Waals surface area contributed by atoms with Crippen molar-refractivity contribution in [2.45, 2.75) is 32.9 Å². The molecule has 1 aromatic rings. The van der Waals surface area contributed by atoms with Crippen molar-refractivity contribution in [3.8, 4) is 0 Å². The Morgan fingerprint density at radius 2 is 2.27 bits per heavy atom. The van der Waals surface area contributed by atoms with E-state index in [0.29, 0.717) is 18.3 Å². The van der Waals surface area contributed by atoms with Crippen LogP contribution < -0.4 is 10.6 Å². The third kappa shape index (κ3) is 3.40. The van der Waals surface area contributed by atoms with Gasteiger partial charge < -0.3 is 15.1 Å². The normalized spacial score (nSPS) is 12.5. The van der Waals surface area contributed by atoms with E-state index in [4.69, 9.17) is 4.42 Å². The van der Waals surface area contributed by atoms with Gasteiger partial charge in [-0.05, 0) is 25.5 Å². The maximum Gasteiger partial charge on any atom is 0.286 e. The summed E-state index contributed by atoms with van der Waals surface area (Å²) < 4.78 is 5.36. The SMILES string of the molecule is CC[C@@H](C)NCc1ccc(C(=O)NC)o1. The third-order valence-electron chi connectivity index (χ3n) is 2.35. The topological polar surface area (TPSA) is 54.3 Å². The smallest absolute Gasteiger partial charge is 0.286 e. The molecule has 0 spiro atoms. The van der Waals surface area contributed by atoms with E-state index in [1.807, 2.05) is 6.07 Å². The summed E-state index contributed by atoms with van der Waals surface area (Å²) in [4.78, 5) is 11.2. The molecule has 0 fully saturated rings. The van der Waals surface area contributed by atoms with Crippen molar-refractivity contribution in [3.63, 3.8) is 0 Å². The summed E-state index contributed by atoms with van der Waals surface area (Å²) in [6, 6.07) is 3.96. The van der Waals surface area contributed by atoms with Crippen LogP contribution in [0, 0.1) is 0 Å². The van der Waals surface area contributed by atoms with Crippen LogP contribution in [0.4, 0.5) is 0 Å². The zero-order valence-corrected chi connectivity index (χ0v) is 9.46. The first-order valence-corrected chi connectivity index (χ1v) is 5.21. The van der Waals surface area contributed by atoms with Crippen LogP contribution in [0.3, 0.4) is 0 Å². The van der Waals surface area contributed by atoms with Crippen LogP contribution in [0.15, 0.2) is 16.5 Å². The van der Waals surface area contributed by atoms with Crippen LogP contribution in [0.25, 0.3) is 0 Å². The summed E-state index contributed by atoms with van der Waals surface area (Å²) >= 11 is 0. The van der Waals surface area contributed by atoms with Gasteiger partial charge in [-0.25, -0.2) is 0 Å². The van der Waals surface area contributed by atoms with Gasteiger partial charge in [0.2, 0.25) is 0 Å². The summed E-state index contributed by atoms with van der Waals surface area (Å²) in [5, 5.41) is 5.81. The maximum absolute atomic E-state index is 11.2. The lowest BCUT2D eigenvalue weighted by atomic mass is 10.2. The number of nitrogens with one attached hydrogen (secondary N) is 2. The maximum atomic E-state index is 11.2. The Bertz CT molecular complexity index is 320. The molecule has 0 aliphatic heterocycles. The number of hydrogen-bond donors (Lipinski definition) is 2. The van der Waals surface area contributed by atoms with Crippen molar-refractivity contribution in [3.05, 3.63) is 23.7 Å². The zero-order chi connectivity index (χ0) is 11.3. The minimum Gasteiger partial charge on any atom is -0.455 e. The lowest BCUT2D eigenvalue weighted by Crippen LogP contribution is -2.24. The Balaban J connectivity index is 2.49. The summed E-state index contributed by atoms with van der Waals surface area (Å²) in [5.41, 5.74) is 0. The fraction of sp³-hybridized carbons (Fsp3) is 0.545. The monoisotopic (exact) mass is 210 g/mol. The molecule has 0 aliphatic rings. The first kappa shape index (κ1) is 11.8. The van der Waals surface area contributed by atoms with Crippen molar-refractivity contribution < 1.29 is 9.21 Å². The molecule has 84 valence electrons. The molecule has 0 radical (unpaired) electrons. The van der Waals surface area contributed by atoms with Gasteiger partial charge >= 0.3 is 0 Å². The first-order chi connectivity index (χ1) is 7.17. The van der Waals surface area contributed by atoms with Gasteiger partial charge in [-0.3, -0.25) is 4.79 Å². The molecule has 15 heavy (non-hydrogen) atoms. The molecule has 2 N–H and O–H groups in total.